The number of nitrogens with one attached hydrogen (secondary N) is 1. The van der Waals surface area contributed by atoms with Gasteiger partial charge in [0.2, 0.25) is 15.9 Å². The number of ether oxygens (including phenoxy) is 1. The van der Waals surface area contributed by atoms with Crippen molar-refractivity contribution in [1.29, 1.82) is 0 Å². The number of hydrogen-bond acceptors (Lipinski definition) is 4. The van der Waals surface area contributed by atoms with E-state index in [9.17, 15) is 13.2 Å². The number of carbonyl (C=O) groups is 1. The van der Waals surface area contributed by atoms with E-state index in [1.54, 1.807) is 17.0 Å². The van der Waals surface area contributed by atoms with Crippen LogP contribution in [0.25, 0.3) is 0 Å². The first-order valence-corrected chi connectivity index (χ1v) is 11.7. The van der Waals surface area contributed by atoms with Crippen LogP contribution in [0, 0.1) is 12.8 Å². The molecule has 7 heteroatoms. The zero-order chi connectivity index (χ0) is 21.9. The molecule has 1 saturated heterocycles. The predicted molar refractivity (Wildman–Crippen MR) is 117 cm³/mol. The minimum absolute atomic E-state index is 0.112. The summed E-state index contributed by atoms with van der Waals surface area (Å²) in [6, 6.07) is 13.6. The summed E-state index contributed by atoms with van der Waals surface area (Å²) in [6.45, 7) is 7.03. The number of likely N-dealkylation sites (tertiary alicyclic amines) is 1. The first-order valence-electron chi connectivity index (χ1n) is 10.2. The Kier molecular flexibility index (Phi) is 6.83. The van der Waals surface area contributed by atoms with Crippen LogP contribution in [0.2, 0.25) is 0 Å². The molecule has 2 atom stereocenters. The lowest BCUT2D eigenvalue weighted by atomic mass is 9.94. The maximum atomic E-state index is 13.2. The Balaban J connectivity index is 1.74. The summed E-state index contributed by atoms with van der Waals surface area (Å²) in [5.74, 6) is 0.507. The van der Waals surface area contributed by atoms with Gasteiger partial charge < -0.3 is 9.64 Å². The molecule has 1 N–H and O–H groups in total. The van der Waals surface area contributed by atoms with E-state index in [-0.39, 0.29) is 22.6 Å². The van der Waals surface area contributed by atoms with Crippen LogP contribution in [0.4, 0.5) is 0 Å². The van der Waals surface area contributed by atoms with Crippen molar-refractivity contribution in [1.82, 2.24) is 9.62 Å². The highest BCUT2D eigenvalue weighted by atomic mass is 32.2. The second-order valence-electron chi connectivity index (χ2n) is 8.14. The average Bonchev–Trinajstić information content (AvgIpc) is 3.22. The number of carbonyl (C=O) groups excluding carboxylic acids is 1. The maximum Gasteiger partial charge on any atom is 0.241 e. The maximum absolute atomic E-state index is 13.2. The van der Waals surface area contributed by atoms with Gasteiger partial charge in [0.05, 0.1) is 12.0 Å². The molecule has 1 aliphatic rings. The van der Waals surface area contributed by atoms with E-state index in [0.717, 1.165) is 6.42 Å². The van der Waals surface area contributed by atoms with E-state index in [1.807, 2.05) is 26.0 Å². The van der Waals surface area contributed by atoms with Gasteiger partial charge in [-0.15, -0.1) is 0 Å². The number of sulfonamides is 1. The number of hydrogen-bond donors (Lipinski definition) is 1. The Morgan fingerprint density at radius 1 is 1.13 bits per heavy atom. The Labute approximate surface area is 179 Å². The third-order valence-corrected chi connectivity index (χ3v) is 7.17. The van der Waals surface area contributed by atoms with Gasteiger partial charge >= 0.3 is 0 Å². The van der Waals surface area contributed by atoms with Gasteiger partial charge in [-0.05, 0) is 54.7 Å². The van der Waals surface area contributed by atoms with Crippen LogP contribution >= 0.6 is 0 Å². The van der Waals surface area contributed by atoms with Crippen molar-refractivity contribution in [2.24, 2.45) is 5.92 Å². The number of benzene rings is 2. The lowest BCUT2D eigenvalue weighted by Gasteiger charge is -2.27. The Morgan fingerprint density at radius 3 is 2.40 bits per heavy atom. The van der Waals surface area contributed by atoms with Crippen molar-refractivity contribution in [2.75, 3.05) is 20.2 Å². The van der Waals surface area contributed by atoms with E-state index in [0.29, 0.717) is 18.8 Å². The Bertz CT molecular complexity index is 987. The van der Waals surface area contributed by atoms with Gasteiger partial charge in [-0.25, -0.2) is 8.42 Å². The van der Waals surface area contributed by atoms with E-state index in [2.05, 4.69) is 23.8 Å². The number of nitrogens with zero attached hydrogens (tertiary/aromatic N) is 1. The van der Waals surface area contributed by atoms with Gasteiger partial charge in [0.1, 0.15) is 11.8 Å². The van der Waals surface area contributed by atoms with Crippen LogP contribution in [0.15, 0.2) is 53.4 Å². The van der Waals surface area contributed by atoms with Crippen LogP contribution in [0.1, 0.15) is 37.3 Å². The van der Waals surface area contributed by atoms with Gasteiger partial charge in [-0.2, -0.15) is 4.72 Å². The quantitative estimate of drug-likeness (QED) is 0.731. The molecule has 0 bridgehead atoms. The highest BCUT2D eigenvalue weighted by molar-refractivity contribution is 7.89. The number of amides is 1. The molecular formula is C23H30N2O4S. The Hall–Kier alpha value is -2.38. The molecule has 6 nitrogen and oxygen atoms in total. The molecule has 0 radical (unpaired) electrons. The number of methoxy groups -OCH3 is 1. The monoisotopic (exact) mass is 430 g/mol. The lowest BCUT2D eigenvalue weighted by Crippen LogP contribution is -2.50. The summed E-state index contributed by atoms with van der Waals surface area (Å²) in [6.07, 6.45) is 0.882. The fraction of sp³-hybridized carbons (Fsp3) is 0.435. The molecule has 2 aromatic rings. The summed E-state index contributed by atoms with van der Waals surface area (Å²) in [7, 11) is -2.31. The van der Waals surface area contributed by atoms with Crippen LogP contribution in [0.3, 0.4) is 0 Å². The highest BCUT2D eigenvalue weighted by Gasteiger charge is 2.35. The molecule has 0 aromatic heterocycles. The largest absolute Gasteiger partial charge is 0.497 e. The molecule has 162 valence electrons. The minimum atomic E-state index is -3.83. The standard InChI is InChI=1S/C23H30N2O4S/c1-16(2)22(24-30(27,28)20-11-9-19(29-4)10-12-20)23(26)25-14-13-18(15-25)21-8-6-5-7-17(21)3/h5-12,16,18,22,24H,13-15H2,1-4H3/t18?,22-/m0/s1. The lowest BCUT2D eigenvalue weighted by molar-refractivity contribution is -0.133. The first kappa shape index (κ1) is 22.3. The fourth-order valence-electron chi connectivity index (χ4n) is 3.92. The van der Waals surface area contributed by atoms with Gasteiger partial charge in [-0.1, -0.05) is 38.1 Å². The van der Waals surface area contributed by atoms with Crippen molar-refractivity contribution < 1.29 is 17.9 Å². The predicted octanol–water partition coefficient (Wildman–Crippen LogP) is 3.32. The number of aryl methyl sites for hydroxylation is 1. The molecule has 1 fully saturated rings. The van der Waals surface area contributed by atoms with Crippen LogP contribution in [-0.4, -0.2) is 45.5 Å². The molecule has 1 amide bonds. The van der Waals surface area contributed by atoms with Crippen LogP contribution < -0.4 is 9.46 Å². The summed E-state index contributed by atoms with van der Waals surface area (Å²) in [4.78, 5) is 15.1. The van der Waals surface area contributed by atoms with E-state index in [1.165, 1.54) is 30.4 Å². The van der Waals surface area contributed by atoms with Crippen LogP contribution in [-0.2, 0) is 14.8 Å². The molecule has 0 aliphatic carbocycles. The molecule has 1 unspecified atom stereocenters. The van der Waals surface area contributed by atoms with Gasteiger partial charge in [0.15, 0.2) is 0 Å². The minimum Gasteiger partial charge on any atom is -0.497 e. The molecule has 1 aliphatic heterocycles. The van der Waals surface area contributed by atoms with E-state index >= 15 is 0 Å². The Morgan fingerprint density at radius 2 is 1.80 bits per heavy atom. The smallest absolute Gasteiger partial charge is 0.241 e. The normalized spacial score (nSPS) is 17.9. The SMILES string of the molecule is COc1ccc(S(=O)(=O)N[C@H](C(=O)N2CCC(c3ccccc3C)C2)C(C)C)cc1. The van der Waals surface area contributed by atoms with Crippen molar-refractivity contribution >= 4 is 15.9 Å². The summed E-state index contributed by atoms with van der Waals surface area (Å²) in [5, 5.41) is 0. The van der Waals surface area contributed by atoms with Crippen molar-refractivity contribution in [3.05, 3.63) is 59.7 Å². The third kappa shape index (κ3) is 4.84. The molecule has 2 aromatic carbocycles. The number of rotatable bonds is 7. The van der Waals surface area contributed by atoms with Gasteiger partial charge in [0.25, 0.3) is 0 Å². The topological polar surface area (TPSA) is 75.7 Å². The average molecular weight is 431 g/mol. The highest BCUT2D eigenvalue weighted by Crippen LogP contribution is 2.30. The second kappa shape index (κ2) is 9.18. The molecule has 1 heterocycles. The molecular weight excluding hydrogens is 400 g/mol. The summed E-state index contributed by atoms with van der Waals surface area (Å²) >= 11 is 0. The van der Waals surface area contributed by atoms with Crippen molar-refractivity contribution in [3.8, 4) is 5.75 Å². The fourth-order valence-corrected chi connectivity index (χ4v) is 5.26. The first-order chi connectivity index (χ1) is 14.2. The molecule has 30 heavy (non-hydrogen) atoms. The van der Waals surface area contributed by atoms with E-state index in [4.69, 9.17) is 4.74 Å². The van der Waals surface area contributed by atoms with Gasteiger partial charge in [-0.3, -0.25) is 4.79 Å². The second-order valence-corrected chi connectivity index (χ2v) is 9.86. The van der Waals surface area contributed by atoms with Crippen molar-refractivity contribution in [3.63, 3.8) is 0 Å². The zero-order valence-electron chi connectivity index (χ0n) is 18.0. The molecule has 0 spiro atoms. The van der Waals surface area contributed by atoms with Crippen molar-refractivity contribution in [2.45, 2.75) is 44.0 Å². The zero-order valence-corrected chi connectivity index (χ0v) is 18.8. The molecule has 3 rings (SSSR count). The van der Waals surface area contributed by atoms with Crippen LogP contribution in [0.5, 0.6) is 5.75 Å². The summed E-state index contributed by atoms with van der Waals surface area (Å²) < 4.78 is 33.5. The van der Waals surface area contributed by atoms with E-state index < -0.39 is 16.1 Å². The summed E-state index contributed by atoms with van der Waals surface area (Å²) in [5.41, 5.74) is 2.48. The third-order valence-electron chi connectivity index (χ3n) is 5.71. The molecule has 0 saturated carbocycles. The van der Waals surface area contributed by atoms with Gasteiger partial charge in [0, 0.05) is 19.0 Å².